The van der Waals surface area contributed by atoms with Crippen molar-refractivity contribution in [3.8, 4) is 0 Å². The van der Waals surface area contributed by atoms with Gasteiger partial charge in [-0.3, -0.25) is 9.59 Å². The second-order valence-corrected chi connectivity index (χ2v) is 9.81. The summed E-state index contributed by atoms with van der Waals surface area (Å²) in [6.45, 7) is 2.65. The zero-order valence-electron chi connectivity index (χ0n) is 17.3. The molecule has 1 saturated heterocycles. The molecule has 0 bridgehead atoms. The minimum Gasteiger partial charge on any atom is -0.454 e. The van der Waals surface area contributed by atoms with Crippen molar-refractivity contribution in [1.29, 1.82) is 0 Å². The molecule has 11 heteroatoms. The van der Waals surface area contributed by atoms with Crippen LogP contribution >= 0.6 is 11.6 Å². The van der Waals surface area contributed by atoms with Crippen LogP contribution in [0.1, 0.15) is 17.5 Å². The Morgan fingerprint density at radius 3 is 2.59 bits per heavy atom. The number of aliphatic hydroxyl groups excluding tert-OH is 1. The van der Waals surface area contributed by atoms with Crippen LogP contribution in [-0.2, 0) is 24.3 Å². The van der Waals surface area contributed by atoms with Gasteiger partial charge in [-0.05, 0) is 55.3 Å². The molecule has 0 aliphatic carbocycles. The monoisotopic (exact) mass is 484 g/mol. The number of nitrogens with zero attached hydrogens (tertiary/aromatic N) is 1. The minimum atomic E-state index is -4.08. The molecule has 2 aromatic rings. The van der Waals surface area contributed by atoms with Gasteiger partial charge in [-0.15, -0.1) is 0 Å². The van der Waals surface area contributed by atoms with Gasteiger partial charge in [-0.25, -0.2) is 12.8 Å². The maximum absolute atomic E-state index is 13.2. The zero-order chi connectivity index (χ0) is 23.6. The smallest absolute Gasteiger partial charge is 0.325 e. The van der Waals surface area contributed by atoms with Crippen molar-refractivity contribution in [3.05, 3.63) is 58.4 Å². The molecular weight excluding hydrogens is 463 g/mol. The van der Waals surface area contributed by atoms with Gasteiger partial charge in [0.1, 0.15) is 11.9 Å². The molecule has 1 aliphatic heterocycles. The number of anilines is 1. The lowest BCUT2D eigenvalue weighted by Crippen LogP contribution is -2.42. The number of ether oxygens (including phenoxy) is 1. The molecule has 172 valence electrons. The maximum atomic E-state index is 13.2. The fraction of sp³-hybridized carbons (Fsp3) is 0.333. The van der Waals surface area contributed by atoms with Crippen molar-refractivity contribution in [2.45, 2.75) is 37.3 Å². The highest BCUT2D eigenvalue weighted by molar-refractivity contribution is 7.89. The Balaban J connectivity index is 1.68. The fourth-order valence-electron chi connectivity index (χ4n) is 3.28. The molecule has 0 spiro atoms. The molecule has 2 atom stereocenters. The third-order valence-corrected chi connectivity index (χ3v) is 7.30. The van der Waals surface area contributed by atoms with Gasteiger partial charge in [0, 0.05) is 18.7 Å². The van der Waals surface area contributed by atoms with Crippen molar-refractivity contribution >= 4 is 39.2 Å². The van der Waals surface area contributed by atoms with E-state index in [-0.39, 0.29) is 28.6 Å². The molecule has 0 radical (unpaired) electrons. The lowest BCUT2D eigenvalue weighted by atomic mass is 10.1. The molecule has 32 heavy (non-hydrogen) atoms. The number of nitrogens with one attached hydrogen (secondary N) is 1. The molecule has 1 heterocycles. The highest BCUT2D eigenvalue weighted by atomic mass is 35.5. The number of aryl methyl sites for hydroxylation is 2. The van der Waals surface area contributed by atoms with E-state index in [4.69, 9.17) is 16.3 Å². The number of sulfonamides is 1. The van der Waals surface area contributed by atoms with E-state index in [1.165, 1.54) is 24.3 Å². The molecule has 1 aliphatic rings. The summed E-state index contributed by atoms with van der Waals surface area (Å²) in [7, 11) is -4.08. The maximum Gasteiger partial charge on any atom is 0.325 e. The molecule has 2 aromatic carbocycles. The van der Waals surface area contributed by atoms with Crippen LogP contribution in [0.4, 0.5) is 10.1 Å². The van der Waals surface area contributed by atoms with Crippen molar-refractivity contribution in [1.82, 2.24) is 4.31 Å². The number of benzene rings is 2. The first-order valence-electron chi connectivity index (χ1n) is 9.67. The number of halogens is 2. The lowest BCUT2D eigenvalue weighted by molar-refractivity contribution is -0.150. The molecule has 3 rings (SSSR count). The number of hydrogen-bond acceptors (Lipinski definition) is 6. The summed E-state index contributed by atoms with van der Waals surface area (Å²) in [5.74, 6) is -2.33. The van der Waals surface area contributed by atoms with Crippen LogP contribution in [-0.4, -0.2) is 55.0 Å². The number of carbonyl (C=O) groups excluding carboxylic acids is 2. The van der Waals surface area contributed by atoms with Crippen LogP contribution in [0.2, 0.25) is 5.02 Å². The van der Waals surface area contributed by atoms with Crippen LogP contribution < -0.4 is 5.32 Å². The summed E-state index contributed by atoms with van der Waals surface area (Å²) < 4.78 is 45.2. The van der Waals surface area contributed by atoms with Gasteiger partial charge in [-0.1, -0.05) is 17.7 Å². The van der Waals surface area contributed by atoms with E-state index in [9.17, 15) is 27.5 Å². The highest BCUT2D eigenvalue weighted by Gasteiger charge is 2.44. The Bertz CT molecular complexity index is 1160. The Kier molecular flexibility index (Phi) is 7.19. The van der Waals surface area contributed by atoms with Gasteiger partial charge in [0.25, 0.3) is 5.91 Å². The zero-order valence-corrected chi connectivity index (χ0v) is 18.9. The predicted molar refractivity (Wildman–Crippen MR) is 115 cm³/mol. The van der Waals surface area contributed by atoms with E-state index in [1.54, 1.807) is 13.0 Å². The number of carbonyl (C=O) groups is 2. The minimum absolute atomic E-state index is 0.00145. The summed E-state index contributed by atoms with van der Waals surface area (Å²) in [5, 5.41) is 12.2. The topological polar surface area (TPSA) is 113 Å². The van der Waals surface area contributed by atoms with Gasteiger partial charge >= 0.3 is 5.97 Å². The number of amides is 1. The van der Waals surface area contributed by atoms with Gasteiger partial charge < -0.3 is 15.2 Å². The van der Waals surface area contributed by atoms with Crippen LogP contribution in [0.5, 0.6) is 0 Å². The Morgan fingerprint density at radius 2 is 1.94 bits per heavy atom. The van der Waals surface area contributed by atoms with Crippen molar-refractivity contribution in [2.24, 2.45) is 0 Å². The summed E-state index contributed by atoms with van der Waals surface area (Å²) >= 11 is 5.65. The van der Waals surface area contributed by atoms with E-state index in [2.05, 4.69) is 5.32 Å². The van der Waals surface area contributed by atoms with E-state index >= 15 is 0 Å². The summed E-state index contributed by atoms with van der Waals surface area (Å²) in [4.78, 5) is 24.6. The first kappa shape index (κ1) is 24.1. The van der Waals surface area contributed by atoms with Crippen molar-refractivity contribution < 1.29 is 32.2 Å². The van der Waals surface area contributed by atoms with E-state index in [0.29, 0.717) is 0 Å². The lowest BCUT2D eigenvalue weighted by Gasteiger charge is -2.22. The molecule has 1 fully saturated rings. The molecule has 2 N–H and O–H groups in total. The van der Waals surface area contributed by atoms with E-state index in [0.717, 1.165) is 21.5 Å². The van der Waals surface area contributed by atoms with E-state index < -0.39 is 46.5 Å². The van der Waals surface area contributed by atoms with E-state index in [1.807, 2.05) is 6.92 Å². The highest BCUT2D eigenvalue weighted by Crippen LogP contribution is 2.28. The average molecular weight is 485 g/mol. The van der Waals surface area contributed by atoms with Crippen LogP contribution in [0, 0.1) is 19.7 Å². The van der Waals surface area contributed by atoms with Gasteiger partial charge in [0.2, 0.25) is 10.0 Å². The third kappa shape index (κ3) is 5.26. The standard InChI is InChI=1S/C21H22ClFN2O6S/c1-12-3-5-16(7-13(12)2)32(29,30)25-10-15(26)9-19(25)21(28)31-11-20(27)24-14-4-6-18(23)17(22)8-14/h3-8,15,19,26H,9-11H2,1-2H3,(H,24,27)/t15?,19-/m0/s1. The molecule has 0 aromatic heterocycles. The third-order valence-electron chi connectivity index (χ3n) is 5.14. The SMILES string of the molecule is Cc1ccc(S(=O)(=O)N2CC(O)C[C@H]2C(=O)OCC(=O)Nc2ccc(F)c(Cl)c2)cc1C. The van der Waals surface area contributed by atoms with Gasteiger partial charge in [0.15, 0.2) is 6.61 Å². The first-order valence-corrected chi connectivity index (χ1v) is 11.5. The second kappa shape index (κ2) is 9.53. The number of rotatable bonds is 6. The van der Waals surface area contributed by atoms with Crippen molar-refractivity contribution in [3.63, 3.8) is 0 Å². The van der Waals surface area contributed by atoms with Gasteiger partial charge in [0.05, 0.1) is 16.0 Å². The Labute approximate surface area is 190 Å². The molecule has 1 unspecified atom stereocenters. The normalized spacial score (nSPS) is 19.0. The molecular formula is C21H22ClFN2O6S. The number of hydrogen-bond donors (Lipinski definition) is 2. The summed E-state index contributed by atoms with van der Waals surface area (Å²) in [6, 6.07) is 6.87. The number of β-amino-alcohol motifs (C(OH)–C–C–N with tert-alkyl or cyclic N) is 1. The van der Waals surface area contributed by atoms with Crippen LogP contribution in [0.15, 0.2) is 41.3 Å². The number of esters is 1. The Hall–Kier alpha value is -2.53. The fourth-order valence-corrected chi connectivity index (χ4v) is 5.17. The van der Waals surface area contributed by atoms with Gasteiger partial charge in [-0.2, -0.15) is 4.31 Å². The molecule has 8 nitrogen and oxygen atoms in total. The molecule has 0 saturated carbocycles. The quantitative estimate of drug-likeness (QED) is 0.609. The van der Waals surface area contributed by atoms with Crippen LogP contribution in [0.3, 0.4) is 0 Å². The Morgan fingerprint density at radius 1 is 1.22 bits per heavy atom. The largest absolute Gasteiger partial charge is 0.454 e. The van der Waals surface area contributed by atoms with Crippen molar-refractivity contribution in [2.75, 3.05) is 18.5 Å². The first-order chi connectivity index (χ1) is 15.0. The molecule has 1 amide bonds. The average Bonchev–Trinajstić information content (AvgIpc) is 3.13. The summed E-state index contributed by atoms with van der Waals surface area (Å²) in [6.07, 6.45) is -1.21. The van der Waals surface area contributed by atoms with Crippen LogP contribution in [0.25, 0.3) is 0 Å². The second-order valence-electron chi connectivity index (χ2n) is 7.51. The number of aliphatic hydroxyl groups is 1. The predicted octanol–water partition coefficient (Wildman–Crippen LogP) is 2.40. The summed E-state index contributed by atoms with van der Waals surface area (Å²) in [5.41, 5.74) is 1.88.